The summed E-state index contributed by atoms with van der Waals surface area (Å²) in [5.41, 5.74) is -1.22. The zero-order valence-electron chi connectivity index (χ0n) is 9.91. The third-order valence-corrected chi connectivity index (χ3v) is 2.72. The van der Waals surface area contributed by atoms with Gasteiger partial charge in [0.15, 0.2) is 6.10 Å². The first-order valence-corrected chi connectivity index (χ1v) is 5.78. The molecule has 0 amide bonds. The molecule has 0 saturated carbocycles. The van der Waals surface area contributed by atoms with Gasteiger partial charge >= 0.3 is 17.4 Å². The fourth-order valence-corrected chi connectivity index (χ4v) is 1.85. The molecule has 0 saturated heterocycles. The van der Waals surface area contributed by atoms with Crippen molar-refractivity contribution >= 4 is 0 Å². The molecule has 0 aliphatic carbocycles. The van der Waals surface area contributed by atoms with Crippen LogP contribution in [0.3, 0.4) is 0 Å². The van der Waals surface area contributed by atoms with Crippen molar-refractivity contribution in [2.24, 2.45) is 0 Å². The number of aromatic nitrogens is 3. The fourth-order valence-electron chi connectivity index (χ4n) is 1.85. The van der Waals surface area contributed by atoms with Gasteiger partial charge in [0.1, 0.15) is 12.4 Å². The number of ether oxygens (including phenoxy) is 2. The first kappa shape index (κ1) is 11.5. The predicted octanol–water partition coefficient (Wildman–Crippen LogP) is -0.228. The highest BCUT2D eigenvalue weighted by atomic mass is 16.6. The molecule has 7 heteroatoms. The standard InChI is InChI=1S/C12H11N3O4/c16-10-13-11(17)15-6-9(19-12(15)14-10)7-18-8-4-2-1-3-5-8/h1-5,9H,6-7H2,(H,13,16,17). The fraction of sp³-hybridized carbons (Fsp3) is 0.250. The minimum absolute atomic E-state index is 0.0374. The van der Waals surface area contributed by atoms with Gasteiger partial charge in [0, 0.05) is 0 Å². The molecule has 0 bridgehead atoms. The Kier molecular flexibility index (Phi) is 2.79. The van der Waals surface area contributed by atoms with Crippen LogP contribution < -0.4 is 20.9 Å². The van der Waals surface area contributed by atoms with Crippen molar-refractivity contribution in [3.8, 4) is 11.8 Å². The monoisotopic (exact) mass is 261 g/mol. The highest BCUT2D eigenvalue weighted by molar-refractivity contribution is 5.21. The van der Waals surface area contributed by atoms with Crippen molar-refractivity contribution < 1.29 is 9.47 Å². The number of nitrogens with one attached hydrogen (secondary N) is 1. The van der Waals surface area contributed by atoms with E-state index < -0.39 is 11.4 Å². The van der Waals surface area contributed by atoms with Crippen LogP contribution in [-0.2, 0) is 6.54 Å². The predicted molar refractivity (Wildman–Crippen MR) is 65.5 cm³/mol. The molecule has 7 nitrogen and oxygen atoms in total. The van der Waals surface area contributed by atoms with Gasteiger partial charge in [-0.25, -0.2) is 14.2 Å². The Morgan fingerprint density at radius 2 is 2.16 bits per heavy atom. The number of benzene rings is 1. The molecule has 1 N–H and O–H groups in total. The highest BCUT2D eigenvalue weighted by Gasteiger charge is 2.26. The number of para-hydroxylation sites is 1. The number of aromatic amines is 1. The van der Waals surface area contributed by atoms with Gasteiger partial charge in [-0.05, 0) is 12.1 Å². The van der Waals surface area contributed by atoms with Crippen molar-refractivity contribution in [3.63, 3.8) is 0 Å². The van der Waals surface area contributed by atoms with Gasteiger partial charge in [0.2, 0.25) is 0 Å². The molecule has 0 spiro atoms. The van der Waals surface area contributed by atoms with E-state index in [0.29, 0.717) is 6.54 Å². The lowest BCUT2D eigenvalue weighted by molar-refractivity contribution is 0.143. The molecule has 1 aromatic carbocycles. The second kappa shape index (κ2) is 4.60. The quantitative estimate of drug-likeness (QED) is 0.825. The molecule has 98 valence electrons. The summed E-state index contributed by atoms with van der Waals surface area (Å²) in [6.07, 6.45) is -0.337. The molecule has 1 atom stereocenters. The Morgan fingerprint density at radius 1 is 1.37 bits per heavy atom. The Bertz CT molecular complexity index is 692. The molecule has 1 aromatic heterocycles. The van der Waals surface area contributed by atoms with Crippen molar-refractivity contribution in [1.82, 2.24) is 14.5 Å². The average Bonchev–Trinajstić information content (AvgIpc) is 2.81. The lowest BCUT2D eigenvalue weighted by Gasteiger charge is -2.10. The van der Waals surface area contributed by atoms with E-state index in [0.717, 1.165) is 5.75 Å². The van der Waals surface area contributed by atoms with Crippen LogP contribution in [0.2, 0.25) is 0 Å². The number of nitrogens with zero attached hydrogens (tertiary/aromatic N) is 2. The summed E-state index contributed by atoms with van der Waals surface area (Å²) in [5, 5.41) is 0. The smallest absolute Gasteiger partial charge is 0.353 e. The summed E-state index contributed by atoms with van der Waals surface area (Å²) >= 11 is 0. The molecule has 0 radical (unpaired) electrons. The normalized spacial score (nSPS) is 16.7. The van der Waals surface area contributed by atoms with E-state index in [-0.39, 0.29) is 18.7 Å². The van der Waals surface area contributed by atoms with Crippen LogP contribution in [0.15, 0.2) is 39.9 Å². The summed E-state index contributed by atoms with van der Waals surface area (Å²) in [5.74, 6) is 0.721. The largest absolute Gasteiger partial charge is 0.490 e. The van der Waals surface area contributed by atoms with E-state index in [4.69, 9.17) is 9.47 Å². The summed E-state index contributed by atoms with van der Waals surface area (Å²) in [6, 6.07) is 9.32. The van der Waals surface area contributed by atoms with E-state index in [2.05, 4.69) is 9.97 Å². The molecule has 0 fully saturated rings. The lowest BCUT2D eigenvalue weighted by atomic mass is 10.3. The van der Waals surface area contributed by atoms with E-state index in [1.165, 1.54) is 4.57 Å². The Hall–Kier alpha value is -2.57. The lowest BCUT2D eigenvalue weighted by Crippen LogP contribution is -2.30. The maximum atomic E-state index is 11.5. The van der Waals surface area contributed by atoms with Crippen LogP contribution in [-0.4, -0.2) is 27.2 Å². The summed E-state index contributed by atoms with van der Waals surface area (Å²) in [7, 11) is 0. The van der Waals surface area contributed by atoms with E-state index in [1.54, 1.807) is 0 Å². The Balaban J connectivity index is 1.69. The van der Waals surface area contributed by atoms with Crippen molar-refractivity contribution in [1.29, 1.82) is 0 Å². The van der Waals surface area contributed by atoms with Crippen molar-refractivity contribution in [2.45, 2.75) is 12.6 Å². The first-order chi connectivity index (χ1) is 9.22. The minimum Gasteiger partial charge on any atom is -0.490 e. The van der Waals surface area contributed by atoms with Gasteiger partial charge in [-0.15, -0.1) is 4.98 Å². The molecule has 1 aliphatic rings. The maximum absolute atomic E-state index is 11.5. The molecule has 2 heterocycles. The van der Waals surface area contributed by atoms with Gasteiger partial charge in [-0.3, -0.25) is 4.98 Å². The van der Waals surface area contributed by atoms with Crippen molar-refractivity contribution in [2.75, 3.05) is 6.61 Å². The molecule has 2 aromatic rings. The highest BCUT2D eigenvalue weighted by Crippen LogP contribution is 2.16. The average molecular weight is 261 g/mol. The Morgan fingerprint density at radius 3 is 2.95 bits per heavy atom. The third kappa shape index (κ3) is 2.35. The number of hydrogen-bond acceptors (Lipinski definition) is 5. The molecule has 3 rings (SSSR count). The second-order valence-corrected chi connectivity index (χ2v) is 4.10. The number of hydrogen-bond donors (Lipinski definition) is 1. The van der Waals surface area contributed by atoms with Crippen LogP contribution in [0, 0.1) is 0 Å². The molecule has 1 unspecified atom stereocenters. The Labute approximate surface area is 107 Å². The van der Waals surface area contributed by atoms with E-state index in [9.17, 15) is 9.59 Å². The third-order valence-electron chi connectivity index (χ3n) is 2.72. The van der Waals surface area contributed by atoms with Crippen molar-refractivity contribution in [3.05, 3.63) is 51.3 Å². The number of rotatable bonds is 3. The second-order valence-electron chi connectivity index (χ2n) is 4.10. The van der Waals surface area contributed by atoms with Crippen LogP contribution in [0.25, 0.3) is 0 Å². The summed E-state index contributed by atoms with van der Waals surface area (Å²) in [6.45, 7) is 0.589. The number of H-pyrrole nitrogens is 1. The summed E-state index contributed by atoms with van der Waals surface area (Å²) in [4.78, 5) is 28.2. The van der Waals surface area contributed by atoms with Crippen LogP contribution in [0.4, 0.5) is 0 Å². The SMILES string of the molecule is O=c1nc2n(c(=O)[nH]1)CC(COc1ccccc1)O2. The summed E-state index contributed by atoms with van der Waals surface area (Å²) < 4.78 is 12.2. The van der Waals surface area contributed by atoms with Crippen LogP contribution in [0.5, 0.6) is 11.8 Å². The minimum atomic E-state index is -0.708. The van der Waals surface area contributed by atoms with Gasteiger partial charge in [0.25, 0.3) is 0 Å². The van der Waals surface area contributed by atoms with Gasteiger partial charge in [-0.2, -0.15) is 0 Å². The van der Waals surface area contributed by atoms with E-state index >= 15 is 0 Å². The van der Waals surface area contributed by atoms with Gasteiger partial charge in [-0.1, -0.05) is 18.2 Å². The maximum Gasteiger partial charge on any atom is 0.353 e. The topological polar surface area (TPSA) is 86.2 Å². The first-order valence-electron chi connectivity index (χ1n) is 5.78. The molecule has 1 aliphatic heterocycles. The molecular weight excluding hydrogens is 250 g/mol. The molecular formula is C12H11N3O4. The number of fused-ring (bicyclic) bond motifs is 1. The van der Waals surface area contributed by atoms with Crippen LogP contribution in [0.1, 0.15) is 0 Å². The van der Waals surface area contributed by atoms with Gasteiger partial charge < -0.3 is 9.47 Å². The zero-order chi connectivity index (χ0) is 13.2. The van der Waals surface area contributed by atoms with Gasteiger partial charge in [0.05, 0.1) is 6.54 Å². The van der Waals surface area contributed by atoms with Crippen LogP contribution >= 0.6 is 0 Å². The zero-order valence-corrected chi connectivity index (χ0v) is 9.91. The van der Waals surface area contributed by atoms with E-state index in [1.807, 2.05) is 30.3 Å². The molecule has 19 heavy (non-hydrogen) atoms.